The van der Waals surface area contributed by atoms with Crippen LogP contribution < -0.4 is 5.73 Å². The standard InChI is InChI=1S/C20H29NO6/c1-12(26-19(24)15-6-4-3-5-7-15)13(2)27-20(25)16(21)10-14-8-9-17(22)18(23)11-14/h8-9,11-13,15-16,22-23H,3-7,10,21H2,1-2H3/t12?,13-,16+/m1/s1. The molecule has 1 fully saturated rings. The topological polar surface area (TPSA) is 119 Å². The van der Waals surface area contributed by atoms with Gasteiger partial charge < -0.3 is 25.4 Å². The summed E-state index contributed by atoms with van der Waals surface area (Å²) in [5.41, 5.74) is 6.47. The number of ether oxygens (including phenoxy) is 2. The van der Waals surface area contributed by atoms with Crippen molar-refractivity contribution < 1.29 is 29.3 Å². The first-order chi connectivity index (χ1) is 12.8. The van der Waals surface area contributed by atoms with Crippen molar-refractivity contribution in [1.82, 2.24) is 0 Å². The Labute approximate surface area is 159 Å². The molecule has 2 rings (SSSR count). The number of hydrogen-bond acceptors (Lipinski definition) is 7. The molecule has 1 aliphatic carbocycles. The number of nitrogens with two attached hydrogens (primary N) is 1. The van der Waals surface area contributed by atoms with E-state index in [1.807, 2.05) is 0 Å². The summed E-state index contributed by atoms with van der Waals surface area (Å²) in [5.74, 6) is -1.42. The molecule has 7 heteroatoms. The number of hydrogen-bond donors (Lipinski definition) is 3. The molecule has 0 bridgehead atoms. The molecule has 150 valence electrons. The summed E-state index contributed by atoms with van der Waals surface area (Å²) in [4.78, 5) is 24.4. The van der Waals surface area contributed by atoms with Gasteiger partial charge in [-0.2, -0.15) is 0 Å². The van der Waals surface area contributed by atoms with Crippen molar-refractivity contribution in [2.75, 3.05) is 0 Å². The first-order valence-corrected chi connectivity index (χ1v) is 9.45. The van der Waals surface area contributed by atoms with Gasteiger partial charge in [0.05, 0.1) is 5.92 Å². The van der Waals surface area contributed by atoms with Gasteiger partial charge in [0.15, 0.2) is 11.5 Å². The Balaban J connectivity index is 1.81. The molecule has 0 amide bonds. The zero-order valence-corrected chi connectivity index (χ0v) is 15.9. The maximum Gasteiger partial charge on any atom is 0.323 e. The molecule has 0 radical (unpaired) electrons. The number of aromatic hydroxyl groups is 2. The van der Waals surface area contributed by atoms with Gasteiger partial charge in [0.1, 0.15) is 18.2 Å². The number of rotatable bonds is 7. The average molecular weight is 379 g/mol. The number of carbonyl (C=O) groups is 2. The Bertz CT molecular complexity index is 656. The molecule has 7 nitrogen and oxygen atoms in total. The van der Waals surface area contributed by atoms with Crippen molar-refractivity contribution in [2.24, 2.45) is 11.7 Å². The second-order valence-electron chi connectivity index (χ2n) is 7.25. The highest BCUT2D eigenvalue weighted by atomic mass is 16.6. The summed E-state index contributed by atoms with van der Waals surface area (Å²) in [5, 5.41) is 18.8. The van der Waals surface area contributed by atoms with Crippen molar-refractivity contribution in [1.29, 1.82) is 0 Å². The summed E-state index contributed by atoms with van der Waals surface area (Å²) >= 11 is 0. The zero-order chi connectivity index (χ0) is 20.0. The van der Waals surface area contributed by atoms with Crippen LogP contribution in [0.2, 0.25) is 0 Å². The molecule has 4 N–H and O–H groups in total. The van der Waals surface area contributed by atoms with Gasteiger partial charge in [-0.15, -0.1) is 0 Å². The van der Waals surface area contributed by atoms with Crippen LogP contribution in [0.25, 0.3) is 0 Å². The number of phenols is 2. The van der Waals surface area contributed by atoms with Gasteiger partial charge in [-0.25, -0.2) is 0 Å². The molecular weight excluding hydrogens is 350 g/mol. The van der Waals surface area contributed by atoms with E-state index in [0.29, 0.717) is 5.56 Å². The van der Waals surface area contributed by atoms with E-state index in [9.17, 15) is 19.8 Å². The lowest BCUT2D eigenvalue weighted by atomic mass is 9.89. The molecule has 1 aromatic rings. The van der Waals surface area contributed by atoms with E-state index in [2.05, 4.69) is 0 Å². The third kappa shape index (κ3) is 6.13. The van der Waals surface area contributed by atoms with Crippen LogP contribution >= 0.6 is 0 Å². The van der Waals surface area contributed by atoms with E-state index >= 15 is 0 Å². The van der Waals surface area contributed by atoms with E-state index < -0.39 is 24.2 Å². The van der Waals surface area contributed by atoms with Gasteiger partial charge in [-0.1, -0.05) is 25.3 Å². The van der Waals surface area contributed by atoms with Crippen molar-refractivity contribution in [3.05, 3.63) is 23.8 Å². The van der Waals surface area contributed by atoms with Crippen LogP contribution in [0, 0.1) is 5.92 Å². The summed E-state index contributed by atoms with van der Waals surface area (Å²) < 4.78 is 10.8. The Morgan fingerprint density at radius 3 is 2.33 bits per heavy atom. The number of benzene rings is 1. The van der Waals surface area contributed by atoms with Crippen molar-refractivity contribution >= 4 is 11.9 Å². The third-order valence-electron chi connectivity index (χ3n) is 5.00. The fourth-order valence-electron chi connectivity index (χ4n) is 3.11. The molecule has 0 aliphatic heterocycles. The number of carbonyl (C=O) groups excluding carboxylic acids is 2. The summed E-state index contributed by atoms with van der Waals surface area (Å²) in [6.07, 6.45) is 3.91. The van der Waals surface area contributed by atoms with Gasteiger partial charge in [-0.05, 0) is 50.8 Å². The Morgan fingerprint density at radius 2 is 1.70 bits per heavy atom. The molecule has 0 heterocycles. The number of phenolic OH excluding ortho intramolecular Hbond substituents is 2. The summed E-state index contributed by atoms with van der Waals surface area (Å²) in [6, 6.07) is 3.32. The zero-order valence-electron chi connectivity index (χ0n) is 15.9. The van der Waals surface area contributed by atoms with Crippen molar-refractivity contribution in [3.63, 3.8) is 0 Å². The Morgan fingerprint density at radius 1 is 1.07 bits per heavy atom. The highest BCUT2D eigenvalue weighted by Crippen LogP contribution is 2.26. The van der Waals surface area contributed by atoms with E-state index in [1.54, 1.807) is 19.9 Å². The largest absolute Gasteiger partial charge is 0.504 e. The van der Waals surface area contributed by atoms with Crippen LogP contribution in [-0.2, 0) is 25.5 Å². The molecule has 1 aromatic carbocycles. The molecule has 0 saturated heterocycles. The quantitative estimate of drug-likeness (QED) is 0.491. The van der Waals surface area contributed by atoms with E-state index in [4.69, 9.17) is 15.2 Å². The maximum atomic E-state index is 12.2. The third-order valence-corrected chi connectivity index (χ3v) is 5.00. The smallest absolute Gasteiger partial charge is 0.323 e. The van der Waals surface area contributed by atoms with Gasteiger partial charge in [0.2, 0.25) is 0 Å². The molecule has 0 spiro atoms. The lowest BCUT2D eigenvalue weighted by Crippen LogP contribution is -2.40. The van der Waals surface area contributed by atoms with Gasteiger partial charge >= 0.3 is 11.9 Å². The monoisotopic (exact) mass is 379 g/mol. The van der Waals surface area contributed by atoms with E-state index in [0.717, 1.165) is 32.1 Å². The van der Waals surface area contributed by atoms with Gasteiger partial charge in [0.25, 0.3) is 0 Å². The predicted octanol–water partition coefficient (Wildman–Crippen LogP) is 2.41. The normalized spacial score (nSPS) is 18.3. The predicted molar refractivity (Wildman–Crippen MR) is 99.1 cm³/mol. The molecule has 1 unspecified atom stereocenters. The van der Waals surface area contributed by atoms with E-state index in [1.165, 1.54) is 12.1 Å². The lowest BCUT2D eigenvalue weighted by Gasteiger charge is -2.26. The molecule has 27 heavy (non-hydrogen) atoms. The molecular formula is C20H29NO6. The van der Waals surface area contributed by atoms with Crippen LogP contribution in [0.15, 0.2) is 18.2 Å². The van der Waals surface area contributed by atoms with Crippen molar-refractivity contribution in [2.45, 2.75) is 70.6 Å². The summed E-state index contributed by atoms with van der Waals surface area (Å²) in [7, 11) is 0. The van der Waals surface area contributed by atoms with Crippen LogP contribution in [0.1, 0.15) is 51.5 Å². The molecule has 3 atom stereocenters. The van der Waals surface area contributed by atoms with Crippen LogP contribution in [0.4, 0.5) is 0 Å². The second-order valence-corrected chi connectivity index (χ2v) is 7.25. The fourth-order valence-corrected chi connectivity index (χ4v) is 3.11. The van der Waals surface area contributed by atoms with Crippen LogP contribution in [0.5, 0.6) is 11.5 Å². The lowest BCUT2D eigenvalue weighted by molar-refractivity contribution is -0.169. The minimum atomic E-state index is -0.933. The average Bonchev–Trinajstić information content (AvgIpc) is 2.65. The van der Waals surface area contributed by atoms with Crippen molar-refractivity contribution in [3.8, 4) is 11.5 Å². The van der Waals surface area contributed by atoms with Crippen LogP contribution in [-0.4, -0.2) is 40.4 Å². The maximum absolute atomic E-state index is 12.2. The Hall–Kier alpha value is -2.28. The Kier molecular flexibility index (Phi) is 7.47. The number of esters is 2. The molecule has 1 saturated carbocycles. The first-order valence-electron chi connectivity index (χ1n) is 9.45. The highest BCUT2D eigenvalue weighted by Gasteiger charge is 2.28. The highest BCUT2D eigenvalue weighted by molar-refractivity contribution is 5.76. The van der Waals surface area contributed by atoms with E-state index in [-0.39, 0.29) is 29.8 Å². The van der Waals surface area contributed by atoms with Crippen LogP contribution in [0.3, 0.4) is 0 Å². The minimum absolute atomic E-state index is 0.0615. The first kappa shape index (κ1) is 21.0. The SMILES string of the molecule is CC(OC(=O)C1CCCCC1)[C@@H](C)OC(=O)[C@@H](N)Cc1ccc(O)c(O)c1. The van der Waals surface area contributed by atoms with Gasteiger partial charge in [0, 0.05) is 0 Å². The molecule has 0 aromatic heterocycles. The van der Waals surface area contributed by atoms with Gasteiger partial charge in [-0.3, -0.25) is 9.59 Å². The fraction of sp³-hybridized carbons (Fsp3) is 0.600. The second kappa shape index (κ2) is 9.60. The minimum Gasteiger partial charge on any atom is -0.504 e. The summed E-state index contributed by atoms with van der Waals surface area (Å²) in [6.45, 7) is 3.36. The molecule has 1 aliphatic rings.